The van der Waals surface area contributed by atoms with Crippen LogP contribution in [0.1, 0.15) is 46.2 Å². The molecule has 0 amide bonds. The van der Waals surface area contributed by atoms with E-state index in [9.17, 15) is 0 Å². The highest BCUT2D eigenvalue weighted by atomic mass is 32.1. The number of hydrogen-bond donors (Lipinski definition) is 0. The van der Waals surface area contributed by atoms with Crippen LogP contribution in [-0.4, -0.2) is 20.4 Å². The molecule has 0 aliphatic heterocycles. The summed E-state index contributed by atoms with van der Waals surface area (Å²) < 4.78 is 0. The van der Waals surface area contributed by atoms with Gasteiger partial charge in [0.05, 0.1) is 0 Å². The van der Waals surface area contributed by atoms with Crippen LogP contribution in [0.2, 0.25) is 0 Å². The van der Waals surface area contributed by atoms with E-state index in [0.29, 0.717) is 0 Å². The predicted molar refractivity (Wildman–Crippen MR) is 75.2 cm³/mol. The van der Waals surface area contributed by atoms with Crippen LogP contribution in [0.25, 0.3) is 0 Å². The van der Waals surface area contributed by atoms with Crippen LogP contribution >= 0.6 is 22.7 Å². The second kappa shape index (κ2) is 6.89. The summed E-state index contributed by atoms with van der Waals surface area (Å²) in [6.07, 6.45) is 6.71. The lowest BCUT2D eigenvalue weighted by atomic mass is 10.1. The second-order valence-electron chi connectivity index (χ2n) is 4.22. The van der Waals surface area contributed by atoms with Crippen molar-refractivity contribution in [2.24, 2.45) is 0 Å². The zero-order valence-electron chi connectivity index (χ0n) is 10.8. The van der Waals surface area contributed by atoms with E-state index >= 15 is 0 Å². The summed E-state index contributed by atoms with van der Waals surface area (Å²) in [6, 6.07) is 0. The van der Waals surface area contributed by atoms with E-state index in [2.05, 4.69) is 27.3 Å². The Morgan fingerprint density at radius 2 is 1.39 bits per heavy atom. The third kappa shape index (κ3) is 4.10. The fourth-order valence-corrected chi connectivity index (χ4v) is 3.28. The van der Waals surface area contributed by atoms with Crippen LogP contribution in [0.15, 0.2) is 0 Å². The predicted octanol–water partition coefficient (Wildman–Crippen LogP) is 3.22. The molecule has 2 aromatic heterocycles. The van der Waals surface area contributed by atoms with Gasteiger partial charge in [0, 0.05) is 12.8 Å². The van der Waals surface area contributed by atoms with Crippen molar-refractivity contribution in [2.45, 2.75) is 52.4 Å². The van der Waals surface area contributed by atoms with Crippen LogP contribution in [-0.2, 0) is 19.3 Å². The minimum absolute atomic E-state index is 0.994. The normalized spacial score (nSPS) is 11.0. The van der Waals surface area contributed by atoms with Gasteiger partial charge in [0.25, 0.3) is 0 Å². The highest BCUT2D eigenvalue weighted by Gasteiger charge is 2.03. The molecule has 98 valence electrons. The van der Waals surface area contributed by atoms with Crippen molar-refractivity contribution in [3.63, 3.8) is 0 Å². The van der Waals surface area contributed by atoms with Crippen molar-refractivity contribution in [1.82, 2.24) is 20.4 Å². The summed E-state index contributed by atoms with van der Waals surface area (Å²) in [4.78, 5) is 0. The molecule has 0 radical (unpaired) electrons. The first-order valence-corrected chi connectivity index (χ1v) is 8.01. The van der Waals surface area contributed by atoms with Crippen molar-refractivity contribution < 1.29 is 0 Å². The van der Waals surface area contributed by atoms with Crippen LogP contribution in [0.4, 0.5) is 0 Å². The van der Waals surface area contributed by atoms with Crippen molar-refractivity contribution in [3.8, 4) is 0 Å². The van der Waals surface area contributed by atoms with Crippen molar-refractivity contribution in [2.75, 3.05) is 0 Å². The first-order valence-electron chi connectivity index (χ1n) is 6.38. The Morgan fingerprint density at radius 3 is 1.94 bits per heavy atom. The molecule has 6 heteroatoms. The van der Waals surface area contributed by atoms with Gasteiger partial charge in [-0.15, -0.1) is 43.1 Å². The Hall–Kier alpha value is -0.880. The quantitative estimate of drug-likeness (QED) is 0.732. The summed E-state index contributed by atoms with van der Waals surface area (Å²) >= 11 is 3.45. The molecule has 18 heavy (non-hydrogen) atoms. The average molecular weight is 282 g/mol. The van der Waals surface area contributed by atoms with E-state index in [0.717, 1.165) is 34.3 Å². The number of aromatic nitrogens is 4. The summed E-state index contributed by atoms with van der Waals surface area (Å²) in [7, 11) is 0. The Kier molecular flexibility index (Phi) is 5.19. The standard InChI is InChI=1S/C12H18N4S2/c1-3-10-14-16-12(18-10)8-6-4-5-7-11-15-13-9(2)17-11/h3-8H2,1-2H3. The molecule has 0 aromatic carbocycles. The maximum absolute atomic E-state index is 4.19. The van der Waals surface area contributed by atoms with E-state index in [1.54, 1.807) is 22.7 Å². The summed E-state index contributed by atoms with van der Waals surface area (Å²) in [6.45, 7) is 4.12. The molecule has 0 unspecified atom stereocenters. The number of hydrogen-bond acceptors (Lipinski definition) is 6. The van der Waals surface area contributed by atoms with Gasteiger partial charge in [-0.25, -0.2) is 0 Å². The van der Waals surface area contributed by atoms with E-state index in [1.165, 1.54) is 24.3 Å². The lowest BCUT2D eigenvalue weighted by Crippen LogP contribution is -1.88. The molecule has 0 saturated heterocycles. The molecule has 4 nitrogen and oxygen atoms in total. The lowest BCUT2D eigenvalue weighted by molar-refractivity contribution is 0.669. The molecule has 0 spiro atoms. The molecule has 2 rings (SSSR count). The van der Waals surface area contributed by atoms with Crippen molar-refractivity contribution >= 4 is 22.7 Å². The molecule has 0 saturated carbocycles. The Morgan fingerprint density at radius 1 is 0.778 bits per heavy atom. The molecular formula is C12H18N4S2. The Balaban J connectivity index is 1.61. The molecule has 0 aliphatic carbocycles. The van der Waals surface area contributed by atoms with Gasteiger partial charge in [-0.2, -0.15) is 0 Å². The van der Waals surface area contributed by atoms with Gasteiger partial charge >= 0.3 is 0 Å². The van der Waals surface area contributed by atoms with Crippen LogP contribution < -0.4 is 0 Å². The summed E-state index contributed by atoms with van der Waals surface area (Å²) in [5.41, 5.74) is 0. The van der Waals surface area contributed by atoms with E-state index < -0.39 is 0 Å². The SMILES string of the molecule is CCc1nnc(CCCCCc2nnc(C)s2)s1. The Bertz CT molecular complexity index is 478. The Labute approximate surface area is 116 Å². The monoisotopic (exact) mass is 282 g/mol. The van der Waals surface area contributed by atoms with Crippen molar-refractivity contribution in [1.29, 1.82) is 0 Å². The van der Waals surface area contributed by atoms with E-state index in [4.69, 9.17) is 0 Å². The maximum atomic E-state index is 4.19. The van der Waals surface area contributed by atoms with Crippen LogP contribution in [0, 0.1) is 6.92 Å². The molecule has 0 aliphatic rings. The minimum Gasteiger partial charge on any atom is -0.144 e. The molecular weight excluding hydrogens is 264 g/mol. The number of rotatable bonds is 7. The van der Waals surface area contributed by atoms with Gasteiger partial charge in [0.15, 0.2) is 0 Å². The third-order valence-electron chi connectivity index (χ3n) is 2.66. The highest BCUT2D eigenvalue weighted by molar-refractivity contribution is 7.11. The second-order valence-corrected chi connectivity index (χ2v) is 6.63. The topological polar surface area (TPSA) is 51.6 Å². The van der Waals surface area contributed by atoms with Gasteiger partial charge < -0.3 is 0 Å². The smallest absolute Gasteiger partial charge is 0.117 e. The first-order chi connectivity index (χ1) is 8.78. The third-order valence-corrected chi connectivity index (χ3v) is 4.69. The molecule has 2 aromatic rings. The largest absolute Gasteiger partial charge is 0.144 e. The molecule has 0 bridgehead atoms. The molecule has 0 N–H and O–H groups in total. The maximum Gasteiger partial charge on any atom is 0.117 e. The fourth-order valence-electron chi connectivity index (χ4n) is 1.70. The van der Waals surface area contributed by atoms with Crippen LogP contribution in [0.5, 0.6) is 0 Å². The van der Waals surface area contributed by atoms with Gasteiger partial charge in [-0.05, 0) is 26.2 Å². The average Bonchev–Trinajstić information content (AvgIpc) is 2.98. The molecule has 0 atom stereocenters. The van der Waals surface area contributed by atoms with Crippen LogP contribution in [0.3, 0.4) is 0 Å². The van der Waals surface area contributed by atoms with Gasteiger partial charge in [0.1, 0.15) is 20.0 Å². The van der Waals surface area contributed by atoms with Gasteiger partial charge in [0.2, 0.25) is 0 Å². The zero-order chi connectivity index (χ0) is 12.8. The highest BCUT2D eigenvalue weighted by Crippen LogP contribution is 2.15. The zero-order valence-corrected chi connectivity index (χ0v) is 12.5. The number of aryl methyl sites for hydroxylation is 4. The van der Waals surface area contributed by atoms with E-state index in [-0.39, 0.29) is 0 Å². The van der Waals surface area contributed by atoms with Crippen molar-refractivity contribution in [3.05, 3.63) is 20.0 Å². The fraction of sp³-hybridized carbons (Fsp3) is 0.667. The summed E-state index contributed by atoms with van der Waals surface area (Å²) in [5.74, 6) is 0. The minimum atomic E-state index is 0.994. The van der Waals surface area contributed by atoms with Gasteiger partial charge in [-0.3, -0.25) is 0 Å². The number of nitrogens with zero attached hydrogens (tertiary/aromatic N) is 4. The first kappa shape index (κ1) is 13.5. The molecule has 0 fully saturated rings. The molecule has 2 heterocycles. The summed E-state index contributed by atoms with van der Waals surface area (Å²) in [5, 5.41) is 21.0. The lowest BCUT2D eigenvalue weighted by Gasteiger charge is -1.96. The number of unbranched alkanes of at least 4 members (excludes halogenated alkanes) is 2. The van der Waals surface area contributed by atoms with E-state index in [1.807, 2.05) is 6.92 Å². The van der Waals surface area contributed by atoms with Gasteiger partial charge in [-0.1, -0.05) is 13.3 Å².